The zero-order chi connectivity index (χ0) is 30.8. The summed E-state index contributed by atoms with van der Waals surface area (Å²) in [5.41, 5.74) is -6.74. The fourth-order valence-corrected chi connectivity index (χ4v) is 4.07. The highest BCUT2D eigenvalue weighted by Gasteiger charge is 2.73. The number of hydrogen-bond acceptors (Lipinski definition) is 3. The smallest absolute Gasteiger partial charge is 0.385 e. The molecule has 0 radical (unpaired) electrons. The van der Waals surface area contributed by atoms with Gasteiger partial charge in [0.25, 0.3) is 11.8 Å². The van der Waals surface area contributed by atoms with Crippen LogP contribution < -0.4 is 16.0 Å². The Morgan fingerprint density at radius 1 is 0.805 bits per heavy atom. The van der Waals surface area contributed by atoms with E-state index in [1.807, 2.05) is 0 Å². The van der Waals surface area contributed by atoms with Gasteiger partial charge >= 0.3 is 18.0 Å². The van der Waals surface area contributed by atoms with E-state index >= 15 is 0 Å². The molecule has 0 spiro atoms. The second-order valence-corrected chi connectivity index (χ2v) is 9.00. The molecule has 0 heterocycles. The third-order valence-electron chi connectivity index (χ3n) is 6.10. The zero-order valence-corrected chi connectivity index (χ0v) is 21.8. The number of alkyl halides is 7. The lowest BCUT2D eigenvalue weighted by molar-refractivity contribution is -0.348. The fourth-order valence-electron chi connectivity index (χ4n) is 4.07. The third kappa shape index (κ3) is 6.26. The van der Waals surface area contributed by atoms with Crippen molar-refractivity contribution < 1.29 is 40.3 Å². The number of amides is 2. The Morgan fingerprint density at radius 3 is 1.85 bits per heavy atom. The van der Waals surface area contributed by atoms with Crippen molar-refractivity contribution in [3.63, 3.8) is 0 Å². The van der Waals surface area contributed by atoms with E-state index in [0.29, 0.717) is 30.1 Å². The van der Waals surface area contributed by atoms with E-state index in [0.717, 1.165) is 13.8 Å². The minimum Gasteiger partial charge on any atom is -0.385 e. The summed E-state index contributed by atoms with van der Waals surface area (Å²) < 4.78 is 94.1. The van der Waals surface area contributed by atoms with Crippen molar-refractivity contribution in [3.8, 4) is 0 Å². The molecule has 0 aliphatic heterocycles. The average Bonchev–Trinajstić information content (AvgIpc) is 2.89. The molecule has 2 amide bonds. The number of benzene rings is 3. The maximum absolute atomic E-state index is 14.6. The molecule has 0 aliphatic carbocycles. The van der Waals surface area contributed by atoms with Gasteiger partial charge in [0, 0.05) is 34.7 Å². The predicted octanol–water partition coefficient (Wildman–Crippen LogP) is 8.08. The van der Waals surface area contributed by atoms with Crippen molar-refractivity contribution in [2.24, 2.45) is 0 Å². The van der Waals surface area contributed by atoms with Gasteiger partial charge in [-0.15, -0.1) is 0 Å². The number of carbonyl (C=O) groups excluding carboxylic acids is 2. The average molecular weight is 581 g/mol. The first-order valence-electron chi connectivity index (χ1n) is 12.0. The van der Waals surface area contributed by atoms with Gasteiger partial charge in [0.15, 0.2) is 5.69 Å². The van der Waals surface area contributed by atoms with Gasteiger partial charge in [-0.2, -0.15) is 26.3 Å². The molecular weight excluding hydrogens is 557 g/mol. The number of aryl methyl sites for hydroxylation is 2. The maximum atomic E-state index is 14.6. The summed E-state index contributed by atoms with van der Waals surface area (Å²) in [4.78, 5) is 29.2. The lowest BCUT2D eigenvalue weighted by atomic mass is 9.90. The van der Waals surface area contributed by atoms with Crippen LogP contribution in [-0.2, 0) is 5.67 Å². The molecule has 3 aromatic carbocycles. The summed E-state index contributed by atoms with van der Waals surface area (Å²) >= 11 is 0. The molecule has 0 bridgehead atoms. The lowest BCUT2D eigenvalue weighted by Gasteiger charge is -2.31. The van der Waals surface area contributed by atoms with Gasteiger partial charge in [0.1, 0.15) is 0 Å². The third-order valence-corrected chi connectivity index (χ3v) is 6.10. The summed E-state index contributed by atoms with van der Waals surface area (Å²) in [6.45, 7) is 11.4. The van der Waals surface area contributed by atoms with E-state index in [2.05, 4.69) is 20.8 Å². The van der Waals surface area contributed by atoms with Crippen LogP contribution in [0.3, 0.4) is 0 Å². The van der Waals surface area contributed by atoms with Crippen LogP contribution in [0.5, 0.6) is 0 Å². The summed E-state index contributed by atoms with van der Waals surface area (Å²) in [6.07, 6.45) is -12.6. The van der Waals surface area contributed by atoms with Crippen molar-refractivity contribution in [3.05, 3.63) is 93.8 Å². The van der Waals surface area contributed by atoms with E-state index in [4.69, 9.17) is 6.57 Å². The SMILES string of the molecule is [C-]#[N+]c1ccc(C(=O)Nc2ccc(NCC)c(C(=O)Nc3c(C)cc(C(F)(C(F)(F)F)C(F)(F)F)cc3C)c2)cc1. The summed E-state index contributed by atoms with van der Waals surface area (Å²) in [7, 11) is 0. The second-order valence-electron chi connectivity index (χ2n) is 9.00. The number of rotatable bonds is 7. The first-order valence-corrected chi connectivity index (χ1v) is 12.0. The van der Waals surface area contributed by atoms with Crippen molar-refractivity contribution in [1.29, 1.82) is 0 Å². The molecule has 0 saturated heterocycles. The molecule has 0 aromatic heterocycles. The maximum Gasteiger partial charge on any atom is 0.435 e. The Balaban J connectivity index is 1.95. The van der Waals surface area contributed by atoms with Gasteiger partial charge in [-0.1, -0.05) is 36.4 Å². The number of halogens is 7. The minimum absolute atomic E-state index is 0.00121. The minimum atomic E-state index is -6.28. The highest BCUT2D eigenvalue weighted by Crippen LogP contribution is 2.53. The molecular formula is C28H23F7N4O2. The molecule has 216 valence electrons. The molecule has 0 saturated carbocycles. The van der Waals surface area contributed by atoms with Gasteiger partial charge in [-0.3, -0.25) is 9.59 Å². The van der Waals surface area contributed by atoms with Crippen LogP contribution in [0.25, 0.3) is 4.85 Å². The Hall–Kier alpha value is -4.60. The quantitative estimate of drug-likeness (QED) is 0.195. The van der Waals surface area contributed by atoms with Crippen LogP contribution in [0.1, 0.15) is 44.3 Å². The summed E-state index contributed by atoms with van der Waals surface area (Å²) in [5.74, 6) is -1.33. The molecule has 0 unspecified atom stereocenters. The Bertz CT molecular complexity index is 1470. The number of carbonyl (C=O) groups is 2. The molecule has 41 heavy (non-hydrogen) atoms. The van der Waals surface area contributed by atoms with Crippen LogP contribution >= 0.6 is 0 Å². The van der Waals surface area contributed by atoms with Gasteiger partial charge < -0.3 is 16.0 Å². The summed E-state index contributed by atoms with van der Waals surface area (Å²) in [5, 5.41) is 8.05. The van der Waals surface area contributed by atoms with Crippen molar-refractivity contribution in [2.45, 2.75) is 38.8 Å². The van der Waals surface area contributed by atoms with Crippen molar-refractivity contribution in [2.75, 3.05) is 22.5 Å². The molecule has 13 heteroatoms. The van der Waals surface area contributed by atoms with Crippen LogP contribution in [0.2, 0.25) is 0 Å². The molecule has 6 nitrogen and oxygen atoms in total. The van der Waals surface area contributed by atoms with Crippen LogP contribution in [0.15, 0.2) is 54.6 Å². The Labute approximate surface area is 230 Å². The summed E-state index contributed by atoms with van der Waals surface area (Å²) in [6, 6.07) is 10.9. The van der Waals surface area contributed by atoms with E-state index in [1.165, 1.54) is 42.5 Å². The zero-order valence-electron chi connectivity index (χ0n) is 21.8. The Morgan fingerprint density at radius 2 is 1.37 bits per heavy atom. The second kappa shape index (κ2) is 11.5. The molecule has 3 aromatic rings. The monoisotopic (exact) mass is 580 g/mol. The number of hydrogen-bond donors (Lipinski definition) is 3. The van der Waals surface area contributed by atoms with Crippen molar-refractivity contribution >= 4 is 34.6 Å². The molecule has 0 fully saturated rings. The Kier molecular flexibility index (Phi) is 8.66. The van der Waals surface area contributed by atoms with E-state index < -0.39 is 35.4 Å². The highest BCUT2D eigenvalue weighted by molar-refractivity contribution is 6.10. The first kappa shape index (κ1) is 30.9. The van der Waals surface area contributed by atoms with Gasteiger partial charge in [0.2, 0.25) is 0 Å². The number of anilines is 3. The fraction of sp³-hybridized carbons (Fsp3) is 0.250. The van der Waals surface area contributed by atoms with Crippen molar-refractivity contribution in [1.82, 2.24) is 0 Å². The normalized spacial score (nSPS) is 11.9. The molecule has 0 aliphatic rings. The van der Waals surface area contributed by atoms with Crippen LogP contribution in [-0.4, -0.2) is 30.7 Å². The topological polar surface area (TPSA) is 74.6 Å². The molecule has 3 rings (SSSR count). The van der Waals surface area contributed by atoms with E-state index in [1.54, 1.807) is 6.92 Å². The van der Waals surface area contributed by atoms with E-state index in [9.17, 15) is 40.3 Å². The van der Waals surface area contributed by atoms with Crippen LogP contribution in [0.4, 0.5) is 53.5 Å². The van der Waals surface area contributed by atoms with Crippen LogP contribution in [0, 0.1) is 20.4 Å². The predicted molar refractivity (Wildman–Crippen MR) is 140 cm³/mol. The molecule has 0 atom stereocenters. The van der Waals surface area contributed by atoms with Gasteiger partial charge in [-0.25, -0.2) is 9.24 Å². The standard InChI is InChI=1S/C28H23F7N4O2/c1-5-37-22-11-10-20(38-24(40)17-6-8-19(36-4)9-7-17)14-21(22)25(41)39-23-15(2)12-18(13-16(23)3)26(29,27(30,31)32)28(33,34)35/h6-14,37H,5H2,1-3H3,(H,38,40)(H,39,41). The number of nitrogens with one attached hydrogen (secondary N) is 3. The highest BCUT2D eigenvalue weighted by atomic mass is 19.4. The van der Waals surface area contributed by atoms with Gasteiger partial charge in [0.05, 0.1) is 12.1 Å². The lowest BCUT2D eigenvalue weighted by Crippen LogP contribution is -2.50. The number of nitrogens with zero attached hydrogens (tertiary/aromatic N) is 1. The van der Waals surface area contributed by atoms with E-state index in [-0.39, 0.29) is 33.6 Å². The largest absolute Gasteiger partial charge is 0.435 e. The van der Waals surface area contributed by atoms with Gasteiger partial charge in [-0.05, 0) is 50.1 Å². The first-order chi connectivity index (χ1) is 19.0. The molecule has 3 N–H and O–H groups in total.